The Bertz CT molecular complexity index is 883. The molecule has 0 heterocycles. The van der Waals surface area contributed by atoms with Crippen molar-refractivity contribution in [1.29, 1.82) is 0 Å². The monoisotopic (exact) mass is 468 g/mol. The van der Waals surface area contributed by atoms with Crippen molar-refractivity contribution in [2.45, 2.75) is 44.9 Å². The van der Waals surface area contributed by atoms with Gasteiger partial charge in [-0.25, -0.2) is 8.42 Å². The van der Waals surface area contributed by atoms with E-state index in [-0.39, 0.29) is 36.0 Å². The zero-order chi connectivity index (χ0) is 22.1. The summed E-state index contributed by atoms with van der Waals surface area (Å²) in [5, 5.41) is 3.54. The number of benzene rings is 1. The van der Waals surface area contributed by atoms with Crippen LogP contribution in [0.25, 0.3) is 0 Å². The molecule has 4 aliphatic carbocycles. The molecule has 4 bridgehead atoms. The van der Waals surface area contributed by atoms with Gasteiger partial charge >= 0.3 is 0 Å². The maximum absolute atomic E-state index is 12.9. The van der Waals surface area contributed by atoms with E-state index in [0.717, 1.165) is 24.3 Å². The third kappa shape index (κ3) is 5.55. The molecular formula is C23H33ClN2O4S. The Kier molecular flexibility index (Phi) is 6.85. The molecule has 0 aromatic heterocycles. The van der Waals surface area contributed by atoms with Crippen LogP contribution >= 0.6 is 11.6 Å². The van der Waals surface area contributed by atoms with Crippen molar-refractivity contribution in [2.75, 3.05) is 31.2 Å². The number of amides is 1. The smallest absolute Gasteiger partial charge is 0.252 e. The van der Waals surface area contributed by atoms with Crippen molar-refractivity contribution in [1.82, 2.24) is 5.32 Å². The van der Waals surface area contributed by atoms with Gasteiger partial charge in [0.1, 0.15) is 5.75 Å². The fourth-order valence-corrected chi connectivity index (χ4v) is 7.71. The molecule has 6 nitrogen and oxygen atoms in total. The van der Waals surface area contributed by atoms with Crippen LogP contribution in [0.3, 0.4) is 0 Å². The lowest BCUT2D eigenvalue weighted by atomic mass is 9.49. The van der Waals surface area contributed by atoms with Crippen LogP contribution in [0.15, 0.2) is 18.2 Å². The normalized spacial score (nSPS) is 29.2. The molecule has 8 heteroatoms. The van der Waals surface area contributed by atoms with E-state index in [1.807, 2.05) is 0 Å². The molecular weight excluding hydrogens is 436 g/mol. The molecule has 0 saturated heterocycles. The minimum Gasteiger partial charge on any atom is -0.494 e. The highest BCUT2D eigenvalue weighted by molar-refractivity contribution is 7.91. The molecule has 0 radical (unpaired) electrons. The van der Waals surface area contributed by atoms with E-state index in [2.05, 4.69) is 5.32 Å². The van der Waals surface area contributed by atoms with E-state index < -0.39 is 9.84 Å². The van der Waals surface area contributed by atoms with Gasteiger partial charge in [0, 0.05) is 13.1 Å². The fraction of sp³-hybridized carbons (Fsp3) is 0.696. The SMILES string of the molecule is NCCS(=O)(=O)CCCOc1ccc(Cl)c(C(=O)NCC23CC4CC(CC(C4)C2)C3)c1. The van der Waals surface area contributed by atoms with Gasteiger partial charge in [-0.2, -0.15) is 0 Å². The van der Waals surface area contributed by atoms with Crippen molar-refractivity contribution in [3.63, 3.8) is 0 Å². The van der Waals surface area contributed by atoms with Crippen molar-refractivity contribution in [3.05, 3.63) is 28.8 Å². The number of nitrogens with one attached hydrogen (secondary N) is 1. The molecule has 4 fully saturated rings. The number of hydrogen-bond acceptors (Lipinski definition) is 5. The molecule has 0 atom stereocenters. The highest BCUT2D eigenvalue weighted by Gasteiger charge is 2.50. The van der Waals surface area contributed by atoms with Crippen LogP contribution in [0.5, 0.6) is 5.75 Å². The Morgan fingerprint density at radius 2 is 1.77 bits per heavy atom. The second kappa shape index (κ2) is 9.28. The highest BCUT2D eigenvalue weighted by Crippen LogP contribution is 2.59. The molecule has 0 unspecified atom stereocenters. The van der Waals surface area contributed by atoms with Crippen LogP contribution in [-0.2, 0) is 9.84 Å². The summed E-state index contributed by atoms with van der Waals surface area (Å²) in [5.41, 5.74) is 5.98. The number of sulfone groups is 1. The Morgan fingerprint density at radius 3 is 2.39 bits per heavy atom. The molecule has 1 amide bonds. The molecule has 0 spiro atoms. The minimum absolute atomic E-state index is 0.0119. The zero-order valence-electron chi connectivity index (χ0n) is 17.9. The van der Waals surface area contributed by atoms with E-state index in [1.54, 1.807) is 18.2 Å². The number of nitrogens with two attached hydrogens (primary N) is 1. The van der Waals surface area contributed by atoms with Gasteiger partial charge in [-0.15, -0.1) is 0 Å². The maximum atomic E-state index is 12.9. The summed E-state index contributed by atoms with van der Waals surface area (Å²) in [4.78, 5) is 12.9. The number of hydrogen-bond donors (Lipinski definition) is 2. The summed E-state index contributed by atoms with van der Waals surface area (Å²) in [6, 6.07) is 5.00. The number of carbonyl (C=O) groups excluding carboxylic acids is 1. The Morgan fingerprint density at radius 1 is 1.13 bits per heavy atom. The topological polar surface area (TPSA) is 98.5 Å². The van der Waals surface area contributed by atoms with Gasteiger partial charge in [0.15, 0.2) is 9.84 Å². The first-order valence-corrected chi connectivity index (χ1v) is 13.6. The lowest BCUT2D eigenvalue weighted by Gasteiger charge is -2.56. The lowest BCUT2D eigenvalue weighted by molar-refractivity contribution is -0.0503. The average Bonchev–Trinajstić information content (AvgIpc) is 2.69. The number of carbonyl (C=O) groups is 1. The summed E-state index contributed by atoms with van der Waals surface area (Å²) in [5.74, 6) is 2.90. The Hall–Kier alpha value is -1.31. The summed E-state index contributed by atoms with van der Waals surface area (Å²) in [6.07, 6.45) is 8.23. The van der Waals surface area contributed by atoms with Crippen LogP contribution < -0.4 is 15.8 Å². The van der Waals surface area contributed by atoms with Crippen molar-refractivity contribution in [3.8, 4) is 5.75 Å². The van der Waals surface area contributed by atoms with Crippen molar-refractivity contribution >= 4 is 27.3 Å². The summed E-state index contributed by atoms with van der Waals surface area (Å²) >= 11 is 6.29. The molecule has 1 aromatic carbocycles. The predicted molar refractivity (Wildman–Crippen MR) is 122 cm³/mol. The van der Waals surface area contributed by atoms with Crippen molar-refractivity contribution in [2.24, 2.45) is 28.9 Å². The van der Waals surface area contributed by atoms with Gasteiger partial charge < -0.3 is 15.8 Å². The van der Waals surface area contributed by atoms with E-state index in [1.165, 1.54) is 38.5 Å². The fourth-order valence-electron chi connectivity index (χ4n) is 6.39. The van der Waals surface area contributed by atoms with Gasteiger partial charge in [0.05, 0.1) is 28.7 Å². The molecule has 172 valence electrons. The maximum Gasteiger partial charge on any atom is 0.252 e. The first-order valence-electron chi connectivity index (χ1n) is 11.4. The second-order valence-electron chi connectivity index (χ2n) is 9.88. The molecule has 4 aliphatic rings. The number of rotatable bonds is 10. The number of ether oxygens (including phenoxy) is 1. The first-order chi connectivity index (χ1) is 14.8. The van der Waals surface area contributed by atoms with Crippen LogP contribution in [0, 0.1) is 23.2 Å². The molecule has 31 heavy (non-hydrogen) atoms. The summed E-state index contributed by atoms with van der Waals surface area (Å²) in [6.45, 7) is 1.09. The van der Waals surface area contributed by atoms with Gasteiger partial charge in [0.2, 0.25) is 0 Å². The standard InChI is InChI=1S/C23H33ClN2O4S/c24-21-3-2-19(30-5-1-6-31(28,29)7-4-25)11-20(21)22(27)26-15-23-12-16-8-17(13-23)10-18(9-16)14-23/h2-3,11,16-18H,1,4-10,12-15,25H2,(H,26,27). The van der Waals surface area contributed by atoms with Gasteiger partial charge in [0.25, 0.3) is 5.91 Å². The zero-order valence-corrected chi connectivity index (χ0v) is 19.5. The van der Waals surface area contributed by atoms with Gasteiger partial charge in [-0.3, -0.25) is 4.79 Å². The molecule has 0 aliphatic heterocycles. The molecule has 1 aromatic rings. The van der Waals surface area contributed by atoms with Crippen molar-refractivity contribution < 1.29 is 17.9 Å². The van der Waals surface area contributed by atoms with E-state index in [0.29, 0.717) is 22.8 Å². The van der Waals surface area contributed by atoms with Crippen LogP contribution in [0.2, 0.25) is 5.02 Å². The Labute approximate surface area is 190 Å². The second-order valence-corrected chi connectivity index (χ2v) is 12.6. The predicted octanol–water partition coefficient (Wildman–Crippen LogP) is 3.43. The van der Waals surface area contributed by atoms with Gasteiger partial charge in [-0.1, -0.05) is 11.6 Å². The van der Waals surface area contributed by atoms with Crippen LogP contribution in [0.1, 0.15) is 55.3 Å². The molecule has 5 rings (SSSR count). The summed E-state index contributed by atoms with van der Waals surface area (Å²) in [7, 11) is -3.13. The van der Waals surface area contributed by atoms with Crippen LogP contribution in [-0.4, -0.2) is 45.5 Å². The first kappa shape index (κ1) is 22.9. The van der Waals surface area contributed by atoms with E-state index in [4.69, 9.17) is 22.1 Å². The Balaban J connectivity index is 1.31. The minimum atomic E-state index is -3.13. The van der Waals surface area contributed by atoms with Gasteiger partial charge in [-0.05, 0) is 86.3 Å². The van der Waals surface area contributed by atoms with E-state index in [9.17, 15) is 13.2 Å². The van der Waals surface area contributed by atoms with E-state index >= 15 is 0 Å². The largest absolute Gasteiger partial charge is 0.494 e. The quantitative estimate of drug-likeness (QED) is 0.512. The summed E-state index contributed by atoms with van der Waals surface area (Å²) < 4.78 is 29.1. The molecule has 4 saturated carbocycles. The third-order valence-electron chi connectivity index (χ3n) is 7.27. The van der Waals surface area contributed by atoms with Crippen LogP contribution in [0.4, 0.5) is 0 Å². The lowest BCUT2D eigenvalue weighted by Crippen LogP contribution is -2.51. The third-order valence-corrected chi connectivity index (χ3v) is 9.37. The average molecular weight is 469 g/mol. The number of halogens is 1. The molecule has 3 N–H and O–H groups in total. The highest BCUT2D eigenvalue weighted by atomic mass is 35.5.